The fourth-order valence-electron chi connectivity index (χ4n) is 5.71. The highest BCUT2D eigenvalue weighted by Gasteiger charge is 2.61. The van der Waals surface area contributed by atoms with Crippen LogP contribution in [0.1, 0.15) is 59.9 Å². The maximum atomic E-state index is 12.8. The molecule has 0 bridgehead atoms. The summed E-state index contributed by atoms with van der Waals surface area (Å²) in [5, 5.41) is 2.03. The molecule has 0 radical (unpaired) electrons. The fraction of sp³-hybridized carbons (Fsp3) is 0.724. The first-order chi connectivity index (χ1) is 18.5. The zero-order valence-corrected chi connectivity index (χ0v) is 24.1. The molecule has 218 valence electrons. The molecule has 1 aromatic carbocycles. The zero-order chi connectivity index (χ0) is 28.3. The molecule has 0 aromatic heterocycles. The number of hydrogen-bond acceptors (Lipinski definition) is 10. The number of benzene rings is 1. The van der Waals surface area contributed by atoms with Crippen molar-refractivity contribution in [1.82, 2.24) is 5.06 Å². The highest BCUT2D eigenvalue weighted by atomic mass is 16.7. The third kappa shape index (κ3) is 6.74. The maximum absolute atomic E-state index is 12.8. The molecule has 1 atom stereocenters. The van der Waals surface area contributed by atoms with Gasteiger partial charge in [-0.3, -0.25) is 14.4 Å². The molecule has 3 saturated heterocycles. The van der Waals surface area contributed by atoms with E-state index in [-0.39, 0.29) is 32.5 Å². The van der Waals surface area contributed by atoms with Crippen LogP contribution in [0.4, 0.5) is 0 Å². The van der Waals surface area contributed by atoms with Gasteiger partial charge in [0.1, 0.15) is 18.5 Å². The highest BCUT2D eigenvalue weighted by molar-refractivity contribution is 6.00. The second kappa shape index (κ2) is 11.7. The van der Waals surface area contributed by atoms with Crippen molar-refractivity contribution in [3.05, 3.63) is 29.8 Å². The number of rotatable bonds is 11. The number of epoxide rings is 1. The largest absolute Gasteiger partial charge is 0.491 e. The minimum Gasteiger partial charge on any atom is -0.491 e. The van der Waals surface area contributed by atoms with Gasteiger partial charge >= 0.3 is 11.9 Å². The Morgan fingerprint density at radius 3 is 1.95 bits per heavy atom. The van der Waals surface area contributed by atoms with Crippen LogP contribution >= 0.6 is 0 Å². The lowest BCUT2D eigenvalue weighted by Crippen LogP contribution is -2.69. The lowest BCUT2D eigenvalue weighted by molar-refractivity contribution is -0.378. The molecule has 3 fully saturated rings. The van der Waals surface area contributed by atoms with Gasteiger partial charge in [0.05, 0.1) is 39.6 Å². The summed E-state index contributed by atoms with van der Waals surface area (Å²) in [6, 6.07) is 8.05. The number of ether oxygens (including phenoxy) is 6. The van der Waals surface area contributed by atoms with Crippen molar-refractivity contribution >= 4 is 11.9 Å². The molecular formula is C29H43NO9. The summed E-state index contributed by atoms with van der Waals surface area (Å²) >= 11 is 0. The van der Waals surface area contributed by atoms with Gasteiger partial charge in [-0.05, 0) is 65.7 Å². The fourth-order valence-corrected chi connectivity index (χ4v) is 5.71. The molecule has 1 aromatic rings. The molecule has 1 spiro atoms. The second-order valence-electron chi connectivity index (χ2n) is 11.8. The van der Waals surface area contributed by atoms with E-state index in [2.05, 4.69) is 39.8 Å². The molecule has 10 nitrogen and oxygen atoms in total. The average molecular weight is 550 g/mol. The number of piperidine rings is 1. The number of carbonyl (C=O) groups excluding carboxylic acids is 2. The molecule has 3 heterocycles. The van der Waals surface area contributed by atoms with Crippen molar-refractivity contribution in [3.63, 3.8) is 0 Å². The molecule has 10 heteroatoms. The van der Waals surface area contributed by atoms with Gasteiger partial charge in [-0.1, -0.05) is 12.1 Å². The minimum atomic E-state index is -1.63. The topological polar surface area (TPSA) is 105 Å². The van der Waals surface area contributed by atoms with Gasteiger partial charge in [-0.15, -0.1) is 0 Å². The van der Waals surface area contributed by atoms with Gasteiger partial charge in [0.15, 0.2) is 5.79 Å². The third-order valence-electron chi connectivity index (χ3n) is 7.37. The monoisotopic (exact) mass is 549 g/mol. The van der Waals surface area contributed by atoms with E-state index < -0.39 is 34.2 Å². The summed E-state index contributed by atoms with van der Waals surface area (Å²) in [4.78, 5) is 32.0. The first kappa shape index (κ1) is 29.7. The number of hydrogen-bond donors (Lipinski definition) is 0. The molecule has 0 amide bonds. The van der Waals surface area contributed by atoms with Gasteiger partial charge < -0.3 is 28.4 Å². The normalized spacial score (nSPS) is 24.6. The van der Waals surface area contributed by atoms with Crippen molar-refractivity contribution < 1.29 is 42.8 Å². The van der Waals surface area contributed by atoms with Crippen LogP contribution < -0.4 is 4.74 Å². The zero-order valence-electron chi connectivity index (χ0n) is 24.1. The van der Waals surface area contributed by atoms with E-state index in [0.29, 0.717) is 26.1 Å². The number of hydroxylamine groups is 2. The highest BCUT2D eigenvalue weighted by Crippen LogP contribution is 2.49. The lowest BCUT2D eigenvalue weighted by atomic mass is 9.76. The molecule has 1 unspecified atom stereocenters. The second-order valence-corrected chi connectivity index (χ2v) is 11.8. The Hall–Kier alpha value is -2.24. The number of nitrogens with zero attached hydrogens (tertiary/aromatic N) is 1. The summed E-state index contributed by atoms with van der Waals surface area (Å²) in [5.41, 5.74) is -1.40. The first-order valence-electron chi connectivity index (χ1n) is 13.8. The lowest BCUT2D eigenvalue weighted by Gasteiger charge is -2.59. The van der Waals surface area contributed by atoms with E-state index in [0.717, 1.165) is 24.3 Å². The predicted octanol–water partition coefficient (Wildman–Crippen LogP) is 3.45. The van der Waals surface area contributed by atoms with E-state index in [1.54, 1.807) is 13.8 Å². The Kier molecular flexibility index (Phi) is 8.92. The van der Waals surface area contributed by atoms with E-state index in [9.17, 15) is 9.59 Å². The summed E-state index contributed by atoms with van der Waals surface area (Å²) in [5.74, 6) is -1.51. The molecule has 0 N–H and O–H groups in total. The van der Waals surface area contributed by atoms with Gasteiger partial charge in [0, 0.05) is 23.9 Å². The Bertz CT molecular complexity index is 955. The smallest absolute Gasteiger partial charge is 0.328 e. The molecule has 3 aliphatic heterocycles. The van der Waals surface area contributed by atoms with Gasteiger partial charge in [-0.25, -0.2) is 0 Å². The van der Waals surface area contributed by atoms with Crippen molar-refractivity contribution in [2.45, 2.75) is 83.8 Å². The minimum absolute atomic E-state index is 0.144. The van der Waals surface area contributed by atoms with Crippen molar-refractivity contribution in [2.75, 3.05) is 46.2 Å². The molecule has 0 saturated carbocycles. The molecular weight excluding hydrogens is 506 g/mol. The van der Waals surface area contributed by atoms with Crippen molar-refractivity contribution in [2.24, 2.45) is 5.41 Å². The quantitative estimate of drug-likeness (QED) is 0.232. The van der Waals surface area contributed by atoms with E-state index in [4.69, 9.17) is 33.3 Å². The Morgan fingerprint density at radius 2 is 1.46 bits per heavy atom. The van der Waals surface area contributed by atoms with Crippen LogP contribution in [0.2, 0.25) is 0 Å². The molecule has 39 heavy (non-hydrogen) atoms. The van der Waals surface area contributed by atoms with E-state index in [1.165, 1.54) is 0 Å². The summed E-state index contributed by atoms with van der Waals surface area (Å²) in [6.45, 7) is 13.5. The van der Waals surface area contributed by atoms with Gasteiger partial charge in [0.2, 0.25) is 5.41 Å². The summed E-state index contributed by atoms with van der Waals surface area (Å²) in [6.07, 6.45) is 1.95. The van der Waals surface area contributed by atoms with Crippen molar-refractivity contribution in [1.29, 1.82) is 0 Å². The van der Waals surface area contributed by atoms with Crippen LogP contribution in [-0.4, -0.2) is 86.2 Å². The Balaban J connectivity index is 1.36. The maximum Gasteiger partial charge on any atom is 0.328 e. The SMILES string of the molecule is CCOC(=O)C1(C(=O)OCC)COC2(CC(C)(C)N(OCCc3ccc(OCC4CO4)cc3)C(C)(C)C2)OC1. The van der Waals surface area contributed by atoms with Crippen LogP contribution in [0, 0.1) is 5.41 Å². The van der Waals surface area contributed by atoms with Crippen LogP contribution in [-0.2, 0) is 44.5 Å². The molecule has 0 aliphatic carbocycles. The van der Waals surface area contributed by atoms with Gasteiger partial charge in [0.25, 0.3) is 0 Å². The van der Waals surface area contributed by atoms with Crippen molar-refractivity contribution in [3.8, 4) is 5.75 Å². The predicted molar refractivity (Wildman–Crippen MR) is 141 cm³/mol. The van der Waals surface area contributed by atoms with Gasteiger partial charge in [-0.2, -0.15) is 5.06 Å². The molecule has 4 rings (SSSR count). The van der Waals surface area contributed by atoms with Crippen LogP contribution in [0.5, 0.6) is 5.75 Å². The average Bonchev–Trinajstić information content (AvgIpc) is 3.70. The van der Waals surface area contributed by atoms with E-state index >= 15 is 0 Å². The van der Waals surface area contributed by atoms with E-state index in [1.807, 2.05) is 17.2 Å². The number of esters is 2. The molecule has 3 aliphatic rings. The third-order valence-corrected chi connectivity index (χ3v) is 7.37. The van der Waals surface area contributed by atoms with Crippen LogP contribution in [0.25, 0.3) is 0 Å². The first-order valence-corrected chi connectivity index (χ1v) is 13.8. The van der Waals surface area contributed by atoms with Crippen LogP contribution in [0.3, 0.4) is 0 Å². The Labute approximate surface area is 231 Å². The standard InChI is InChI=1S/C29H43NO9/c1-7-33-24(31)28(25(32)34-8-2)19-37-29(38-20-28)17-26(3,4)30(27(5,6)18-29)39-14-13-21-9-11-22(12-10-21)35-15-23-16-36-23/h9-12,23H,7-8,13-20H2,1-6H3. The summed E-state index contributed by atoms with van der Waals surface area (Å²) in [7, 11) is 0. The summed E-state index contributed by atoms with van der Waals surface area (Å²) < 4.78 is 33.8. The Morgan fingerprint density at radius 1 is 0.923 bits per heavy atom. The number of carbonyl (C=O) groups is 2. The van der Waals surface area contributed by atoms with Crippen LogP contribution in [0.15, 0.2) is 24.3 Å².